The lowest BCUT2D eigenvalue weighted by atomic mass is 9.91. The molecule has 2 aliphatic rings. The first kappa shape index (κ1) is 12.7. The molecule has 1 aromatic rings. The predicted molar refractivity (Wildman–Crippen MR) is 72.5 cm³/mol. The number of imidazole rings is 1. The van der Waals surface area contributed by atoms with E-state index in [1.807, 2.05) is 10.8 Å². The minimum absolute atomic E-state index is 0.154. The maximum Gasteiger partial charge on any atom is 0.223 e. The Kier molecular flexibility index (Phi) is 3.31. The first-order valence-electron chi connectivity index (χ1n) is 7.16. The van der Waals surface area contributed by atoms with Gasteiger partial charge in [0.25, 0.3) is 0 Å². The Labute approximate surface area is 113 Å². The van der Waals surface area contributed by atoms with E-state index >= 15 is 0 Å². The van der Waals surface area contributed by atoms with E-state index in [1.54, 1.807) is 12.5 Å². The van der Waals surface area contributed by atoms with Gasteiger partial charge in [0.1, 0.15) is 0 Å². The molecule has 0 bridgehead atoms. The van der Waals surface area contributed by atoms with Gasteiger partial charge in [-0.05, 0) is 44.7 Å². The molecule has 2 N–H and O–H groups in total. The fourth-order valence-electron chi connectivity index (χ4n) is 3.30. The van der Waals surface area contributed by atoms with Crippen LogP contribution in [0.4, 0.5) is 0 Å². The van der Waals surface area contributed by atoms with Crippen molar-refractivity contribution < 1.29 is 4.79 Å². The quantitative estimate of drug-likeness (QED) is 0.843. The van der Waals surface area contributed by atoms with E-state index in [1.165, 1.54) is 0 Å². The van der Waals surface area contributed by atoms with Crippen molar-refractivity contribution in [3.63, 3.8) is 0 Å². The Balaban J connectivity index is 1.49. The molecular weight excluding hydrogens is 240 g/mol. The van der Waals surface area contributed by atoms with Gasteiger partial charge in [-0.1, -0.05) is 0 Å². The lowest BCUT2D eigenvalue weighted by molar-refractivity contribution is -0.124. The zero-order chi connectivity index (χ0) is 13.3. The van der Waals surface area contributed by atoms with E-state index in [0.717, 1.165) is 38.9 Å². The highest BCUT2D eigenvalue weighted by Gasteiger charge is 2.57. The molecular formula is C14H22N4O. The number of rotatable bonds is 4. The number of carbonyl (C=O) groups is 1. The summed E-state index contributed by atoms with van der Waals surface area (Å²) in [4.78, 5) is 16.3. The Morgan fingerprint density at radius 2 is 2.37 bits per heavy atom. The average Bonchev–Trinajstić information content (AvgIpc) is 2.84. The summed E-state index contributed by atoms with van der Waals surface area (Å²) in [5.74, 6) is 0.495. The molecule has 5 nitrogen and oxygen atoms in total. The van der Waals surface area contributed by atoms with E-state index in [-0.39, 0.29) is 17.9 Å². The van der Waals surface area contributed by atoms with Crippen molar-refractivity contribution in [1.29, 1.82) is 0 Å². The Morgan fingerprint density at radius 3 is 3.05 bits per heavy atom. The summed E-state index contributed by atoms with van der Waals surface area (Å²) in [6, 6.07) is 0.154. The third-order valence-electron chi connectivity index (χ3n) is 4.54. The number of nitrogens with zero attached hydrogens (tertiary/aromatic N) is 2. The van der Waals surface area contributed by atoms with Crippen molar-refractivity contribution in [2.45, 2.75) is 38.8 Å². The molecule has 104 valence electrons. The van der Waals surface area contributed by atoms with Crippen LogP contribution in [0.5, 0.6) is 0 Å². The molecule has 19 heavy (non-hydrogen) atoms. The molecule has 2 unspecified atom stereocenters. The molecule has 1 saturated heterocycles. The maximum atomic E-state index is 12.3. The number of amides is 1. The number of piperidine rings is 1. The smallest absolute Gasteiger partial charge is 0.223 e. The third kappa shape index (κ3) is 2.66. The van der Waals surface area contributed by atoms with Crippen molar-refractivity contribution in [3.05, 3.63) is 18.7 Å². The molecule has 1 amide bonds. The van der Waals surface area contributed by atoms with E-state index in [4.69, 9.17) is 0 Å². The van der Waals surface area contributed by atoms with Gasteiger partial charge < -0.3 is 15.2 Å². The number of hydrogen-bond donors (Lipinski definition) is 2. The monoisotopic (exact) mass is 262 g/mol. The molecule has 1 saturated carbocycles. The van der Waals surface area contributed by atoms with Gasteiger partial charge in [0.15, 0.2) is 0 Å². The number of hydrogen-bond acceptors (Lipinski definition) is 3. The molecule has 2 heterocycles. The molecule has 0 radical (unpaired) electrons. The molecule has 0 aromatic carbocycles. The summed E-state index contributed by atoms with van der Waals surface area (Å²) in [5.41, 5.74) is 0.323. The second kappa shape index (κ2) is 4.96. The van der Waals surface area contributed by atoms with Crippen LogP contribution in [0.25, 0.3) is 0 Å². The topological polar surface area (TPSA) is 59.0 Å². The van der Waals surface area contributed by atoms with Gasteiger partial charge in [-0.25, -0.2) is 4.98 Å². The zero-order valence-electron chi connectivity index (χ0n) is 11.4. The van der Waals surface area contributed by atoms with Crippen LogP contribution in [0.1, 0.15) is 26.2 Å². The predicted octanol–water partition coefficient (Wildman–Crippen LogP) is 0.777. The summed E-state index contributed by atoms with van der Waals surface area (Å²) in [5, 5.41) is 6.51. The van der Waals surface area contributed by atoms with E-state index in [9.17, 15) is 4.79 Å². The highest BCUT2D eigenvalue weighted by molar-refractivity contribution is 5.82. The van der Waals surface area contributed by atoms with E-state index in [2.05, 4.69) is 22.5 Å². The number of nitrogens with one attached hydrogen (secondary N) is 2. The fourth-order valence-corrected chi connectivity index (χ4v) is 3.30. The molecule has 1 spiro atoms. The number of carbonyl (C=O) groups excluding carboxylic acids is 1. The van der Waals surface area contributed by atoms with E-state index in [0.29, 0.717) is 5.41 Å². The molecule has 1 aliphatic carbocycles. The standard InChI is InChI=1S/C14H22N4O/c1-11(9-18-7-6-16-10-18)17-13(19)12-8-14(12)2-4-15-5-3-14/h6-7,10-12,15H,2-5,8-9H2,1H3,(H,17,19). The molecule has 5 heteroatoms. The maximum absolute atomic E-state index is 12.3. The first-order valence-corrected chi connectivity index (χ1v) is 7.16. The summed E-state index contributed by atoms with van der Waals surface area (Å²) in [6.45, 7) is 4.96. The van der Waals surface area contributed by atoms with Gasteiger partial charge in [0.2, 0.25) is 5.91 Å². The largest absolute Gasteiger partial charge is 0.352 e. The molecule has 1 aromatic heterocycles. The SMILES string of the molecule is CC(Cn1ccnc1)NC(=O)C1CC12CCNCC2. The summed E-state index contributed by atoms with van der Waals surface area (Å²) in [7, 11) is 0. The minimum atomic E-state index is 0.154. The van der Waals surface area contributed by atoms with Crippen LogP contribution in [-0.2, 0) is 11.3 Å². The molecule has 2 fully saturated rings. The molecule has 2 atom stereocenters. The normalized spacial score (nSPS) is 26.1. The summed E-state index contributed by atoms with van der Waals surface area (Å²) in [6.07, 6.45) is 8.86. The van der Waals surface area contributed by atoms with Crippen LogP contribution in [-0.4, -0.2) is 34.6 Å². The van der Waals surface area contributed by atoms with Crippen LogP contribution in [0.2, 0.25) is 0 Å². The first-order chi connectivity index (χ1) is 9.20. The summed E-state index contributed by atoms with van der Waals surface area (Å²) < 4.78 is 2.00. The Bertz CT molecular complexity index is 436. The highest BCUT2D eigenvalue weighted by Crippen LogP contribution is 2.58. The van der Waals surface area contributed by atoms with Crippen molar-refractivity contribution in [2.75, 3.05) is 13.1 Å². The second-order valence-corrected chi connectivity index (χ2v) is 6.04. The van der Waals surface area contributed by atoms with Crippen LogP contribution in [0, 0.1) is 11.3 Å². The van der Waals surface area contributed by atoms with Gasteiger partial charge in [-0.3, -0.25) is 4.79 Å². The van der Waals surface area contributed by atoms with Crippen LogP contribution < -0.4 is 10.6 Å². The van der Waals surface area contributed by atoms with Gasteiger partial charge in [-0.2, -0.15) is 0 Å². The van der Waals surface area contributed by atoms with Crippen molar-refractivity contribution in [2.24, 2.45) is 11.3 Å². The minimum Gasteiger partial charge on any atom is -0.352 e. The van der Waals surface area contributed by atoms with Gasteiger partial charge >= 0.3 is 0 Å². The molecule has 1 aliphatic heterocycles. The Hall–Kier alpha value is -1.36. The van der Waals surface area contributed by atoms with Crippen molar-refractivity contribution in [1.82, 2.24) is 20.2 Å². The fraction of sp³-hybridized carbons (Fsp3) is 0.714. The molecule has 3 rings (SSSR count). The van der Waals surface area contributed by atoms with Gasteiger partial charge in [0, 0.05) is 30.9 Å². The zero-order valence-corrected chi connectivity index (χ0v) is 11.4. The Morgan fingerprint density at radius 1 is 1.58 bits per heavy atom. The summed E-state index contributed by atoms with van der Waals surface area (Å²) >= 11 is 0. The lowest BCUT2D eigenvalue weighted by Gasteiger charge is -2.23. The van der Waals surface area contributed by atoms with E-state index < -0.39 is 0 Å². The number of aromatic nitrogens is 2. The van der Waals surface area contributed by atoms with Gasteiger partial charge in [-0.15, -0.1) is 0 Å². The van der Waals surface area contributed by atoms with Crippen LogP contribution >= 0.6 is 0 Å². The highest BCUT2D eigenvalue weighted by atomic mass is 16.2. The van der Waals surface area contributed by atoms with Crippen molar-refractivity contribution >= 4 is 5.91 Å². The third-order valence-corrected chi connectivity index (χ3v) is 4.54. The van der Waals surface area contributed by atoms with Crippen LogP contribution in [0.15, 0.2) is 18.7 Å². The van der Waals surface area contributed by atoms with Crippen molar-refractivity contribution in [3.8, 4) is 0 Å². The van der Waals surface area contributed by atoms with Crippen LogP contribution in [0.3, 0.4) is 0 Å². The lowest BCUT2D eigenvalue weighted by Crippen LogP contribution is -2.39. The van der Waals surface area contributed by atoms with Gasteiger partial charge in [0.05, 0.1) is 6.33 Å². The second-order valence-electron chi connectivity index (χ2n) is 6.04. The average molecular weight is 262 g/mol.